The van der Waals surface area contributed by atoms with Crippen LogP contribution in [0.4, 0.5) is 0 Å². The summed E-state index contributed by atoms with van der Waals surface area (Å²) in [5.74, 6) is 0. The molecule has 46 heavy (non-hydrogen) atoms. The fourth-order valence-corrected chi connectivity index (χ4v) is 6.88. The molecule has 0 N–H and O–H groups in total. The Bertz CT molecular complexity index is 2290. The van der Waals surface area contributed by atoms with Gasteiger partial charge in [-0.1, -0.05) is 184 Å². The molecular formula is C46H34. The van der Waals surface area contributed by atoms with Gasteiger partial charge in [0, 0.05) is 0 Å². The predicted molar refractivity (Wildman–Crippen MR) is 204 cm³/mol. The van der Waals surface area contributed by atoms with Crippen molar-refractivity contribution in [3.63, 3.8) is 0 Å². The Hall–Kier alpha value is -5.98. The molecule has 0 atom stereocenters. The van der Waals surface area contributed by atoms with Crippen LogP contribution in [0.25, 0.3) is 90.4 Å². The van der Waals surface area contributed by atoms with E-state index in [9.17, 15) is 0 Å². The fourth-order valence-electron chi connectivity index (χ4n) is 6.88. The van der Waals surface area contributed by atoms with Crippen LogP contribution in [-0.2, 0) is 0 Å². The first-order valence-corrected chi connectivity index (χ1v) is 15.6. The van der Waals surface area contributed by atoms with Gasteiger partial charge in [0.15, 0.2) is 0 Å². The predicted octanol–water partition coefficient (Wildman–Crippen LogP) is 13.2. The summed E-state index contributed by atoms with van der Waals surface area (Å²) < 4.78 is 0. The number of benzene rings is 7. The molecule has 0 aromatic heterocycles. The third kappa shape index (κ3) is 4.82. The molecule has 0 aliphatic heterocycles. The Kier molecular flexibility index (Phi) is 7.62. The van der Waals surface area contributed by atoms with E-state index in [0.29, 0.717) is 0 Å². The van der Waals surface area contributed by atoms with Gasteiger partial charge in [-0.25, -0.2) is 0 Å². The van der Waals surface area contributed by atoms with Crippen LogP contribution in [0.2, 0.25) is 0 Å². The van der Waals surface area contributed by atoms with Crippen molar-refractivity contribution >= 4 is 45.8 Å². The number of hydrogen-bond donors (Lipinski definition) is 0. The van der Waals surface area contributed by atoms with Gasteiger partial charge >= 0.3 is 0 Å². The molecule has 7 aromatic carbocycles. The first-order valence-electron chi connectivity index (χ1n) is 15.6. The van der Waals surface area contributed by atoms with E-state index >= 15 is 0 Å². The van der Waals surface area contributed by atoms with E-state index in [0.717, 1.165) is 50.1 Å². The van der Waals surface area contributed by atoms with Crippen LogP contribution in [0.15, 0.2) is 160 Å². The Morgan fingerprint density at radius 2 is 0.761 bits per heavy atom. The Balaban J connectivity index is 1.38. The highest BCUT2D eigenvalue weighted by Gasteiger charge is 2.19. The van der Waals surface area contributed by atoms with Crippen molar-refractivity contribution in [3.8, 4) is 44.5 Å². The zero-order valence-electron chi connectivity index (χ0n) is 25.8. The van der Waals surface area contributed by atoms with Gasteiger partial charge in [0.25, 0.3) is 0 Å². The third-order valence-corrected chi connectivity index (χ3v) is 9.03. The molecule has 0 aliphatic rings. The van der Waals surface area contributed by atoms with Gasteiger partial charge in [-0.3, -0.25) is 0 Å². The highest BCUT2D eigenvalue weighted by atomic mass is 14.2. The molecule has 0 saturated carbocycles. The summed E-state index contributed by atoms with van der Waals surface area (Å²) in [7, 11) is 0. The Labute approximate surface area is 271 Å². The molecule has 0 fully saturated rings. The monoisotopic (exact) mass is 586 g/mol. The van der Waals surface area contributed by atoms with Crippen molar-refractivity contribution in [3.05, 3.63) is 182 Å². The van der Waals surface area contributed by atoms with E-state index in [4.69, 9.17) is 0 Å². The van der Waals surface area contributed by atoms with Gasteiger partial charge < -0.3 is 0 Å². The first-order chi connectivity index (χ1) is 22.7. The van der Waals surface area contributed by atoms with E-state index in [2.05, 4.69) is 160 Å². The molecule has 0 nitrogen and oxygen atoms in total. The van der Waals surface area contributed by atoms with Crippen LogP contribution in [0.5, 0.6) is 0 Å². The van der Waals surface area contributed by atoms with Crippen molar-refractivity contribution in [2.75, 3.05) is 0 Å². The maximum absolute atomic E-state index is 4.29. The van der Waals surface area contributed by atoms with Gasteiger partial charge in [-0.2, -0.15) is 0 Å². The van der Waals surface area contributed by atoms with E-state index < -0.39 is 0 Å². The topological polar surface area (TPSA) is 0 Å². The minimum absolute atomic E-state index is 1.08. The highest BCUT2D eigenvalue weighted by Crippen LogP contribution is 2.44. The molecule has 0 spiro atoms. The normalized spacial score (nSPS) is 11.0. The van der Waals surface area contributed by atoms with E-state index in [-0.39, 0.29) is 0 Å². The van der Waals surface area contributed by atoms with Crippen LogP contribution >= 0.6 is 0 Å². The minimum atomic E-state index is 1.08. The largest absolute Gasteiger partial charge is 0.0984 e. The Morgan fingerprint density at radius 1 is 0.326 bits per heavy atom. The number of rotatable bonds is 8. The molecule has 0 unspecified atom stereocenters. The van der Waals surface area contributed by atoms with Crippen molar-refractivity contribution in [1.29, 1.82) is 0 Å². The lowest BCUT2D eigenvalue weighted by Crippen LogP contribution is -1.96. The second-order valence-electron chi connectivity index (χ2n) is 11.4. The molecule has 7 aromatic rings. The van der Waals surface area contributed by atoms with Gasteiger partial charge in [0.1, 0.15) is 0 Å². The summed E-state index contributed by atoms with van der Waals surface area (Å²) in [6.45, 7) is 16.6. The molecule has 0 saturated heterocycles. The smallest absolute Gasteiger partial charge is 0.00266 e. The van der Waals surface area contributed by atoms with E-state index in [1.165, 1.54) is 38.2 Å². The van der Waals surface area contributed by atoms with Gasteiger partial charge in [0.05, 0.1) is 0 Å². The summed E-state index contributed by atoms with van der Waals surface area (Å²) in [4.78, 5) is 0. The Morgan fingerprint density at radius 3 is 1.30 bits per heavy atom. The van der Waals surface area contributed by atoms with Crippen LogP contribution in [0, 0.1) is 0 Å². The maximum atomic E-state index is 4.29. The van der Waals surface area contributed by atoms with Gasteiger partial charge in [-0.05, 0) is 88.3 Å². The molecule has 218 valence electrons. The van der Waals surface area contributed by atoms with Crippen molar-refractivity contribution in [2.45, 2.75) is 0 Å². The molecule has 0 bridgehead atoms. The number of hydrogen-bond acceptors (Lipinski definition) is 0. The molecular weight excluding hydrogens is 553 g/mol. The zero-order valence-corrected chi connectivity index (χ0v) is 25.8. The average molecular weight is 587 g/mol. The quantitative estimate of drug-likeness (QED) is 0.166. The SMILES string of the molecule is C=Cc1cccc(-c2ccc(-c3c(C=C)c(C=C)c(-c4ccc(-c5cccc6ccccc56)cc4)c4ccccc34)cc2)c1C=C. The molecule has 7 rings (SSSR count). The third-order valence-electron chi connectivity index (χ3n) is 9.03. The molecule has 0 heterocycles. The van der Waals surface area contributed by atoms with Gasteiger partial charge in [-0.15, -0.1) is 0 Å². The van der Waals surface area contributed by atoms with Crippen molar-refractivity contribution < 1.29 is 0 Å². The van der Waals surface area contributed by atoms with Crippen molar-refractivity contribution in [1.82, 2.24) is 0 Å². The summed E-state index contributed by atoms with van der Waals surface area (Å²) in [6, 6.07) is 47.8. The van der Waals surface area contributed by atoms with Gasteiger partial charge in [0.2, 0.25) is 0 Å². The average Bonchev–Trinajstić information content (AvgIpc) is 3.13. The van der Waals surface area contributed by atoms with Crippen LogP contribution in [-0.4, -0.2) is 0 Å². The number of fused-ring (bicyclic) bond motifs is 2. The molecule has 0 radical (unpaired) electrons. The summed E-state index contributed by atoms with van der Waals surface area (Å²) in [5, 5.41) is 4.88. The molecule has 0 amide bonds. The summed E-state index contributed by atoms with van der Waals surface area (Å²) in [6.07, 6.45) is 7.75. The summed E-state index contributed by atoms with van der Waals surface area (Å²) in [5.41, 5.74) is 13.7. The fraction of sp³-hybridized carbons (Fsp3) is 0. The first kappa shape index (κ1) is 28.8. The summed E-state index contributed by atoms with van der Waals surface area (Å²) >= 11 is 0. The van der Waals surface area contributed by atoms with Crippen LogP contribution < -0.4 is 0 Å². The van der Waals surface area contributed by atoms with E-state index in [1.807, 2.05) is 24.3 Å². The minimum Gasteiger partial charge on any atom is -0.0984 e. The molecule has 0 aliphatic carbocycles. The zero-order chi connectivity index (χ0) is 31.6. The van der Waals surface area contributed by atoms with E-state index in [1.54, 1.807) is 0 Å². The second kappa shape index (κ2) is 12.2. The van der Waals surface area contributed by atoms with Crippen LogP contribution in [0.1, 0.15) is 22.3 Å². The lowest BCUT2D eigenvalue weighted by atomic mass is 9.83. The highest BCUT2D eigenvalue weighted by molar-refractivity contribution is 6.12. The van der Waals surface area contributed by atoms with Crippen molar-refractivity contribution in [2.24, 2.45) is 0 Å². The maximum Gasteiger partial charge on any atom is -0.00266 e. The van der Waals surface area contributed by atoms with Crippen LogP contribution in [0.3, 0.4) is 0 Å². The standard InChI is InChI=1S/C46H34/c1-5-31-16-13-21-40(37(31)6-2)33-23-27-35(28-24-33)45-38(7-3)39(8-4)46(44-20-12-11-19-43(44)45)36-29-25-34(26-30-36)42-22-14-17-32-15-9-10-18-41(32)42/h5-30H,1-4H2. The lowest BCUT2D eigenvalue weighted by molar-refractivity contribution is 1.55. The molecule has 0 heteroatoms. The second-order valence-corrected chi connectivity index (χ2v) is 11.4. The lowest BCUT2D eigenvalue weighted by Gasteiger charge is -2.20.